The molecule has 6 nitrogen and oxygen atoms in total. The van der Waals surface area contributed by atoms with Gasteiger partial charge in [-0.05, 0) is 37.5 Å². The van der Waals surface area contributed by atoms with Crippen molar-refractivity contribution >= 4 is 5.95 Å². The third-order valence-corrected chi connectivity index (χ3v) is 6.48. The van der Waals surface area contributed by atoms with E-state index in [-0.39, 0.29) is 0 Å². The lowest BCUT2D eigenvalue weighted by Crippen LogP contribution is -2.44. The van der Waals surface area contributed by atoms with Crippen molar-refractivity contribution in [3.63, 3.8) is 0 Å². The first-order valence-corrected chi connectivity index (χ1v) is 10.4. The summed E-state index contributed by atoms with van der Waals surface area (Å²) in [4.78, 5) is 16.9. The van der Waals surface area contributed by atoms with Crippen LogP contribution in [-0.2, 0) is 11.3 Å². The fourth-order valence-corrected chi connectivity index (χ4v) is 4.88. The Morgan fingerprint density at radius 2 is 1.77 bits per heavy atom. The van der Waals surface area contributed by atoms with E-state index in [9.17, 15) is 0 Å². The highest BCUT2D eigenvalue weighted by molar-refractivity contribution is 5.30. The maximum absolute atomic E-state index is 5.41. The zero-order valence-corrected chi connectivity index (χ0v) is 15.7. The molecule has 1 aliphatic carbocycles. The summed E-state index contributed by atoms with van der Waals surface area (Å²) in [5.41, 5.74) is 1.25. The van der Waals surface area contributed by atoms with Crippen LogP contribution >= 0.6 is 0 Å². The number of piperidine rings is 1. The molecule has 0 amide bonds. The number of hydrogen-bond acceptors (Lipinski definition) is 6. The van der Waals surface area contributed by atoms with Crippen LogP contribution in [0, 0.1) is 11.8 Å². The van der Waals surface area contributed by atoms with Gasteiger partial charge in [0.15, 0.2) is 0 Å². The topological polar surface area (TPSA) is 44.7 Å². The normalized spacial score (nSPS) is 30.5. The van der Waals surface area contributed by atoms with E-state index in [1.807, 2.05) is 12.4 Å². The predicted octanol–water partition coefficient (Wildman–Crippen LogP) is 1.62. The molecule has 0 spiro atoms. The van der Waals surface area contributed by atoms with Crippen molar-refractivity contribution in [1.82, 2.24) is 19.8 Å². The molecule has 0 unspecified atom stereocenters. The van der Waals surface area contributed by atoms with Gasteiger partial charge in [-0.25, -0.2) is 9.97 Å². The Kier molecular flexibility index (Phi) is 4.82. The number of ether oxygens (including phenoxy) is 1. The number of fused-ring (bicyclic) bond motifs is 4. The Balaban J connectivity index is 1.20. The molecule has 0 aromatic carbocycles. The van der Waals surface area contributed by atoms with Gasteiger partial charge in [0.2, 0.25) is 5.95 Å². The summed E-state index contributed by atoms with van der Waals surface area (Å²) in [6, 6.07) is 0.767. The third kappa shape index (κ3) is 3.87. The van der Waals surface area contributed by atoms with Crippen molar-refractivity contribution in [3.8, 4) is 0 Å². The Morgan fingerprint density at radius 1 is 0.962 bits per heavy atom. The first-order valence-electron chi connectivity index (χ1n) is 10.4. The van der Waals surface area contributed by atoms with Crippen LogP contribution in [0.15, 0.2) is 12.4 Å². The van der Waals surface area contributed by atoms with Gasteiger partial charge >= 0.3 is 0 Å². The second kappa shape index (κ2) is 7.41. The van der Waals surface area contributed by atoms with Gasteiger partial charge in [0.05, 0.1) is 13.2 Å². The monoisotopic (exact) mass is 357 g/mol. The van der Waals surface area contributed by atoms with Crippen molar-refractivity contribution in [3.05, 3.63) is 18.0 Å². The number of aromatic nitrogens is 2. The molecule has 5 heterocycles. The Morgan fingerprint density at radius 3 is 2.54 bits per heavy atom. The standard InChI is InChI=1S/C20H31N5O/c1-2-16(1)13-25-14-17-3-4-19(25)15-23(11-17)12-18-9-21-20(22-10-18)24-5-7-26-8-6-24/h9-10,16-17,19H,1-8,11-15H2/t17-,19+/m0/s1. The van der Waals surface area contributed by atoms with Gasteiger partial charge in [0, 0.05) is 69.8 Å². The molecule has 2 bridgehead atoms. The van der Waals surface area contributed by atoms with E-state index in [1.165, 1.54) is 57.4 Å². The highest BCUT2D eigenvalue weighted by Gasteiger charge is 2.37. The molecule has 6 rings (SSSR count). The van der Waals surface area contributed by atoms with Crippen LogP contribution in [0.2, 0.25) is 0 Å². The molecule has 0 N–H and O–H groups in total. The molecule has 26 heavy (non-hydrogen) atoms. The van der Waals surface area contributed by atoms with Gasteiger partial charge in [-0.2, -0.15) is 0 Å². The van der Waals surface area contributed by atoms with E-state index < -0.39 is 0 Å². The number of anilines is 1. The summed E-state index contributed by atoms with van der Waals surface area (Å²) in [6.07, 6.45) is 9.79. The van der Waals surface area contributed by atoms with Crippen molar-refractivity contribution in [2.75, 3.05) is 57.4 Å². The number of morpholine rings is 1. The summed E-state index contributed by atoms with van der Waals surface area (Å²) < 4.78 is 5.41. The fraction of sp³-hybridized carbons (Fsp3) is 0.800. The van der Waals surface area contributed by atoms with E-state index in [4.69, 9.17) is 4.74 Å². The van der Waals surface area contributed by atoms with Crippen LogP contribution in [0.1, 0.15) is 31.2 Å². The van der Waals surface area contributed by atoms with Crippen molar-refractivity contribution in [2.45, 2.75) is 38.3 Å². The third-order valence-electron chi connectivity index (χ3n) is 6.48. The zero-order chi connectivity index (χ0) is 17.3. The fourth-order valence-electron chi connectivity index (χ4n) is 4.88. The first-order chi connectivity index (χ1) is 12.8. The van der Waals surface area contributed by atoms with Gasteiger partial charge < -0.3 is 9.64 Å². The van der Waals surface area contributed by atoms with Gasteiger partial charge in [-0.3, -0.25) is 9.80 Å². The smallest absolute Gasteiger partial charge is 0.225 e. The summed E-state index contributed by atoms with van der Waals surface area (Å²) in [5, 5.41) is 0. The summed E-state index contributed by atoms with van der Waals surface area (Å²) in [6.45, 7) is 9.47. The minimum Gasteiger partial charge on any atom is -0.378 e. The molecule has 0 radical (unpaired) electrons. The Hall–Kier alpha value is -1.24. The molecule has 5 fully saturated rings. The van der Waals surface area contributed by atoms with Gasteiger partial charge in [0.25, 0.3) is 0 Å². The lowest BCUT2D eigenvalue weighted by Gasteiger charge is -2.36. The van der Waals surface area contributed by atoms with Crippen LogP contribution in [-0.4, -0.2) is 78.3 Å². The number of hydrogen-bond donors (Lipinski definition) is 0. The maximum Gasteiger partial charge on any atom is 0.225 e. The second-order valence-corrected chi connectivity index (χ2v) is 8.68. The molecule has 4 saturated heterocycles. The van der Waals surface area contributed by atoms with E-state index in [1.54, 1.807) is 0 Å². The molecule has 6 heteroatoms. The molecule has 1 saturated carbocycles. The first kappa shape index (κ1) is 16.9. The summed E-state index contributed by atoms with van der Waals surface area (Å²) >= 11 is 0. The molecule has 2 atom stereocenters. The Bertz CT molecular complexity index is 599. The quantitative estimate of drug-likeness (QED) is 0.798. The largest absolute Gasteiger partial charge is 0.378 e. The lowest BCUT2D eigenvalue weighted by molar-refractivity contribution is 0.122. The van der Waals surface area contributed by atoms with Crippen LogP contribution in [0.25, 0.3) is 0 Å². The summed E-state index contributed by atoms with van der Waals surface area (Å²) in [5.74, 6) is 2.70. The molecular formula is C20H31N5O. The zero-order valence-electron chi connectivity index (χ0n) is 15.7. The van der Waals surface area contributed by atoms with Crippen LogP contribution < -0.4 is 4.90 Å². The SMILES string of the molecule is c1nc(N2CCOCC2)ncc1CN1C[C@@H]2CC[C@H](C1)N(CC1CC1)C2. The van der Waals surface area contributed by atoms with Crippen molar-refractivity contribution < 1.29 is 4.74 Å². The highest BCUT2D eigenvalue weighted by atomic mass is 16.5. The molecular weight excluding hydrogens is 326 g/mol. The van der Waals surface area contributed by atoms with Crippen molar-refractivity contribution in [1.29, 1.82) is 0 Å². The molecule has 1 aromatic heterocycles. The predicted molar refractivity (Wildman–Crippen MR) is 101 cm³/mol. The van der Waals surface area contributed by atoms with E-state index in [2.05, 4.69) is 24.7 Å². The summed E-state index contributed by atoms with van der Waals surface area (Å²) in [7, 11) is 0. The second-order valence-electron chi connectivity index (χ2n) is 8.68. The van der Waals surface area contributed by atoms with Gasteiger partial charge in [0.1, 0.15) is 0 Å². The van der Waals surface area contributed by atoms with Crippen LogP contribution in [0.3, 0.4) is 0 Å². The number of nitrogens with zero attached hydrogens (tertiary/aromatic N) is 5. The highest BCUT2D eigenvalue weighted by Crippen LogP contribution is 2.35. The van der Waals surface area contributed by atoms with Crippen LogP contribution in [0.4, 0.5) is 5.95 Å². The molecule has 5 aliphatic rings. The molecule has 1 aromatic rings. The maximum atomic E-state index is 5.41. The van der Waals surface area contributed by atoms with Crippen LogP contribution in [0.5, 0.6) is 0 Å². The molecule has 142 valence electrons. The minimum absolute atomic E-state index is 0.767. The Labute approximate surface area is 156 Å². The lowest BCUT2D eigenvalue weighted by atomic mass is 9.95. The minimum atomic E-state index is 0.767. The van der Waals surface area contributed by atoms with E-state index in [0.29, 0.717) is 0 Å². The van der Waals surface area contributed by atoms with E-state index >= 15 is 0 Å². The number of rotatable bonds is 5. The van der Waals surface area contributed by atoms with Gasteiger partial charge in [-0.15, -0.1) is 0 Å². The van der Waals surface area contributed by atoms with Gasteiger partial charge in [-0.1, -0.05) is 0 Å². The average Bonchev–Trinajstić information content (AvgIpc) is 3.51. The average molecular weight is 358 g/mol. The van der Waals surface area contributed by atoms with Crippen molar-refractivity contribution in [2.24, 2.45) is 11.8 Å². The molecule has 4 aliphatic heterocycles. The van der Waals surface area contributed by atoms with E-state index in [0.717, 1.165) is 56.7 Å².